The molecule has 3 heteroatoms. The third-order valence-corrected chi connectivity index (χ3v) is 3.03. The lowest BCUT2D eigenvalue weighted by Gasteiger charge is -2.14. The molecule has 2 amide bonds. The SMILES string of the molecule is CCNC(=O)Nc1cc(C(C)CC)ccc1C. The summed E-state index contributed by atoms with van der Waals surface area (Å²) in [7, 11) is 0. The number of carbonyl (C=O) groups excluding carboxylic acids is 1. The summed E-state index contributed by atoms with van der Waals surface area (Å²) in [6, 6.07) is 6.12. The first-order valence-corrected chi connectivity index (χ1v) is 6.23. The lowest BCUT2D eigenvalue weighted by atomic mass is 9.97. The van der Waals surface area contributed by atoms with Crippen LogP contribution in [0.3, 0.4) is 0 Å². The Morgan fingerprint density at radius 3 is 2.65 bits per heavy atom. The van der Waals surface area contributed by atoms with Gasteiger partial charge in [-0.1, -0.05) is 26.0 Å². The van der Waals surface area contributed by atoms with Gasteiger partial charge in [0, 0.05) is 12.2 Å². The van der Waals surface area contributed by atoms with Gasteiger partial charge in [0.05, 0.1) is 0 Å². The summed E-state index contributed by atoms with van der Waals surface area (Å²) in [6.45, 7) is 8.90. The molecule has 0 saturated heterocycles. The first kappa shape index (κ1) is 13.6. The van der Waals surface area contributed by atoms with Crippen molar-refractivity contribution >= 4 is 11.7 Å². The number of urea groups is 1. The molecule has 0 aliphatic rings. The molecular weight excluding hydrogens is 212 g/mol. The van der Waals surface area contributed by atoms with Crippen LogP contribution in [0.2, 0.25) is 0 Å². The maximum Gasteiger partial charge on any atom is 0.319 e. The van der Waals surface area contributed by atoms with Crippen molar-refractivity contribution in [2.75, 3.05) is 11.9 Å². The number of nitrogens with one attached hydrogen (secondary N) is 2. The van der Waals surface area contributed by atoms with Gasteiger partial charge in [0.25, 0.3) is 0 Å². The van der Waals surface area contributed by atoms with Crippen molar-refractivity contribution in [2.24, 2.45) is 0 Å². The number of aryl methyl sites for hydroxylation is 1. The molecule has 0 heterocycles. The summed E-state index contributed by atoms with van der Waals surface area (Å²) < 4.78 is 0. The van der Waals surface area contributed by atoms with Gasteiger partial charge in [-0.25, -0.2) is 4.79 Å². The van der Waals surface area contributed by atoms with Gasteiger partial charge < -0.3 is 10.6 Å². The van der Waals surface area contributed by atoms with Crippen molar-refractivity contribution in [3.8, 4) is 0 Å². The number of amides is 2. The van der Waals surface area contributed by atoms with Gasteiger partial charge in [-0.2, -0.15) is 0 Å². The maximum atomic E-state index is 11.5. The fourth-order valence-corrected chi connectivity index (χ4v) is 1.64. The van der Waals surface area contributed by atoms with E-state index in [1.807, 2.05) is 13.8 Å². The fraction of sp³-hybridized carbons (Fsp3) is 0.500. The summed E-state index contributed by atoms with van der Waals surface area (Å²) >= 11 is 0. The molecule has 0 radical (unpaired) electrons. The summed E-state index contributed by atoms with van der Waals surface area (Å²) in [5.74, 6) is 0.519. The Labute approximate surface area is 104 Å². The van der Waals surface area contributed by atoms with Crippen molar-refractivity contribution in [2.45, 2.75) is 40.0 Å². The van der Waals surface area contributed by atoms with Crippen LogP contribution >= 0.6 is 0 Å². The fourth-order valence-electron chi connectivity index (χ4n) is 1.64. The van der Waals surface area contributed by atoms with Crippen molar-refractivity contribution in [3.05, 3.63) is 29.3 Å². The Morgan fingerprint density at radius 2 is 2.06 bits per heavy atom. The minimum absolute atomic E-state index is 0.142. The van der Waals surface area contributed by atoms with E-state index in [0.717, 1.165) is 17.7 Å². The zero-order chi connectivity index (χ0) is 12.8. The first-order chi connectivity index (χ1) is 8.08. The van der Waals surface area contributed by atoms with Crippen LogP contribution in [0.15, 0.2) is 18.2 Å². The zero-order valence-corrected chi connectivity index (χ0v) is 11.1. The van der Waals surface area contributed by atoms with Gasteiger partial charge in [-0.15, -0.1) is 0 Å². The quantitative estimate of drug-likeness (QED) is 0.820. The van der Waals surface area contributed by atoms with Crippen LogP contribution in [-0.2, 0) is 0 Å². The monoisotopic (exact) mass is 234 g/mol. The van der Waals surface area contributed by atoms with Crippen LogP contribution < -0.4 is 10.6 Å². The highest BCUT2D eigenvalue weighted by molar-refractivity contribution is 5.90. The molecule has 0 aromatic heterocycles. The number of hydrogen-bond acceptors (Lipinski definition) is 1. The smallest absolute Gasteiger partial charge is 0.319 e. The summed E-state index contributed by atoms with van der Waals surface area (Å²) in [5.41, 5.74) is 3.25. The molecule has 1 aromatic rings. The molecule has 0 aliphatic carbocycles. The third-order valence-electron chi connectivity index (χ3n) is 3.03. The molecule has 1 unspecified atom stereocenters. The minimum atomic E-state index is -0.142. The molecule has 0 fully saturated rings. The molecule has 17 heavy (non-hydrogen) atoms. The largest absolute Gasteiger partial charge is 0.338 e. The molecule has 0 spiro atoms. The number of carbonyl (C=O) groups is 1. The molecule has 1 aromatic carbocycles. The molecule has 2 N–H and O–H groups in total. The van der Waals surface area contributed by atoms with E-state index in [9.17, 15) is 4.79 Å². The van der Waals surface area contributed by atoms with E-state index in [2.05, 4.69) is 42.7 Å². The predicted molar refractivity (Wildman–Crippen MR) is 72.6 cm³/mol. The van der Waals surface area contributed by atoms with E-state index in [0.29, 0.717) is 12.5 Å². The number of hydrogen-bond donors (Lipinski definition) is 2. The summed E-state index contributed by atoms with van der Waals surface area (Å²) in [5, 5.41) is 5.61. The second-order valence-corrected chi connectivity index (χ2v) is 4.37. The number of benzene rings is 1. The Bertz CT molecular complexity index is 388. The van der Waals surface area contributed by atoms with E-state index in [4.69, 9.17) is 0 Å². The van der Waals surface area contributed by atoms with E-state index < -0.39 is 0 Å². The molecule has 1 rings (SSSR count). The average molecular weight is 234 g/mol. The Balaban J connectivity index is 2.87. The predicted octanol–water partition coefficient (Wildman–Crippen LogP) is 3.65. The van der Waals surface area contributed by atoms with Crippen molar-refractivity contribution in [1.82, 2.24) is 5.32 Å². The van der Waals surface area contributed by atoms with Gasteiger partial charge in [-0.3, -0.25) is 0 Å². The van der Waals surface area contributed by atoms with Crippen LogP contribution in [0.5, 0.6) is 0 Å². The number of rotatable bonds is 4. The van der Waals surface area contributed by atoms with Crippen molar-refractivity contribution in [3.63, 3.8) is 0 Å². The normalized spacial score (nSPS) is 12.0. The van der Waals surface area contributed by atoms with Gasteiger partial charge >= 0.3 is 6.03 Å². The summed E-state index contributed by atoms with van der Waals surface area (Å²) in [4.78, 5) is 11.5. The lowest BCUT2D eigenvalue weighted by molar-refractivity contribution is 0.252. The van der Waals surface area contributed by atoms with Gasteiger partial charge in [0.15, 0.2) is 0 Å². The first-order valence-electron chi connectivity index (χ1n) is 6.23. The maximum absolute atomic E-state index is 11.5. The zero-order valence-electron chi connectivity index (χ0n) is 11.1. The second-order valence-electron chi connectivity index (χ2n) is 4.37. The van der Waals surface area contributed by atoms with Gasteiger partial charge in [0.2, 0.25) is 0 Å². The highest BCUT2D eigenvalue weighted by Crippen LogP contribution is 2.24. The van der Waals surface area contributed by atoms with E-state index >= 15 is 0 Å². The van der Waals surface area contributed by atoms with Crippen LogP contribution in [0.4, 0.5) is 10.5 Å². The molecule has 3 nitrogen and oxygen atoms in total. The van der Waals surface area contributed by atoms with E-state index in [1.54, 1.807) is 0 Å². The van der Waals surface area contributed by atoms with Crippen molar-refractivity contribution in [1.29, 1.82) is 0 Å². The van der Waals surface area contributed by atoms with Gasteiger partial charge in [0.1, 0.15) is 0 Å². The van der Waals surface area contributed by atoms with Crippen LogP contribution in [0.25, 0.3) is 0 Å². The third kappa shape index (κ3) is 3.77. The molecular formula is C14H22N2O. The molecule has 94 valence electrons. The molecule has 0 bridgehead atoms. The Kier molecular flexibility index (Phi) is 5.01. The second kappa shape index (κ2) is 6.28. The minimum Gasteiger partial charge on any atom is -0.338 e. The lowest BCUT2D eigenvalue weighted by Crippen LogP contribution is -2.28. The number of anilines is 1. The van der Waals surface area contributed by atoms with Gasteiger partial charge in [-0.05, 0) is 43.4 Å². The van der Waals surface area contributed by atoms with E-state index in [1.165, 1.54) is 5.56 Å². The highest BCUT2D eigenvalue weighted by atomic mass is 16.2. The molecule has 1 atom stereocenters. The molecule has 0 aliphatic heterocycles. The Morgan fingerprint density at radius 1 is 1.35 bits per heavy atom. The Hall–Kier alpha value is -1.51. The van der Waals surface area contributed by atoms with Crippen molar-refractivity contribution < 1.29 is 4.79 Å². The van der Waals surface area contributed by atoms with Crippen LogP contribution in [-0.4, -0.2) is 12.6 Å². The van der Waals surface area contributed by atoms with Crippen LogP contribution in [0.1, 0.15) is 44.2 Å². The van der Waals surface area contributed by atoms with Crippen LogP contribution in [0, 0.1) is 6.92 Å². The average Bonchev–Trinajstić information content (AvgIpc) is 2.31. The standard InChI is InChI=1S/C14H22N2O/c1-5-10(3)12-8-7-11(4)13(9-12)16-14(17)15-6-2/h7-10H,5-6H2,1-4H3,(H2,15,16,17). The summed E-state index contributed by atoms with van der Waals surface area (Å²) in [6.07, 6.45) is 1.10. The highest BCUT2D eigenvalue weighted by Gasteiger charge is 2.07. The van der Waals surface area contributed by atoms with E-state index in [-0.39, 0.29) is 6.03 Å². The molecule has 0 saturated carbocycles. The topological polar surface area (TPSA) is 41.1 Å².